The van der Waals surface area contributed by atoms with Crippen molar-refractivity contribution in [1.29, 1.82) is 0 Å². The van der Waals surface area contributed by atoms with Gasteiger partial charge in [-0.05, 0) is 13.3 Å². The van der Waals surface area contributed by atoms with E-state index < -0.39 is 0 Å². The number of ether oxygens (including phenoxy) is 1. The number of nitrogens with one attached hydrogen (secondary N) is 1. The molecule has 0 aromatic carbocycles. The van der Waals surface area contributed by atoms with Gasteiger partial charge < -0.3 is 10.1 Å². The highest BCUT2D eigenvalue weighted by atomic mass is 16.5. The smallest absolute Gasteiger partial charge is 0.227 e. The highest BCUT2D eigenvalue weighted by Crippen LogP contribution is 1.84. The summed E-state index contributed by atoms with van der Waals surface area (Å²) in [6.45, 7) is 5.83. The van der Waals surface area contributed by atoms with Crippen LogP contribution in [-0.2, 0) is 14.3 Å². The van der Waals surface area contributed by atoms with E-state index in [-0.39, 0.29) is 18.1 Å². The second kappa shape index (κ2) is 7.34. The highest BCUT2D eigenvalue weighted by Gasteiger charge is 2.02. The van der Waals surface area contributed by atoms with Gasteiger partial charge in [-0.3, -0.25) is 9.59 Å². The first-order valence-electron chi connectivity index (χ1n) is 4.15. The largest absolute Gasteiger partial charge is 0.502 e. The molecule has 0 unspecified atom stereocenters. The average Bonchev–Trinajstić information content (AvgIpc) is 2.02. The number of hydrogen-bond acceptors (Lipinski definition) is 3. The monoisotopic (exact) mass is 185 g/mol. The number of carbonyl (C=O) groups is 2. The Morgan fingerprint density at radius 1 is 1.54 bits per heavy atom. The molecule has 74 valence electrons. The van der Waals surface area contributed by atoms with Crippen LogP contribution in [0, 0.1) is 0 Å². The average molecular weight is 185 g/mol. The van der Waals surface area contributed by atoms with E-state index in [0.717, 1.165) is 6.42 Å². The normalized spacial score (nSPS) is 9.00. The second-order valence-electron chi connectivity index (χ2n) is 2.62. The lowest BCUT2D eigenvalue weighted by Gasteiger charge is -2.03. The van der Waals surface area contributed by atoms with E-state index in [2.05, 4.69) is 11.9 Å². The summed E-state index contributed by atoms with van der Waals surface area (Å²) in [6.07, 6.45) is 2.04. The summed E-state index contributed by atoms with van der Waals surface area (Å²) >= 11 is 0. The Morgan fingerprint density at radius 2 is 2.23 bits per heavy atom. The molecule has 1 N–H and O–H groups in total. The molecule has 0 bridgehead atoms. The molecule has 0 aliphatic rings. The Morgan fingerprint density at radius 3 is 2.77 bits per heavy atom. The van der Waals surface area contributed by atoms with Crippen LogP contribution in [0.25, 0.3) is 0 Å². The summed E-state index contributed by atoms with van der Waals surface area (Å²) in [5, 5.41) is 2.60. The first-order valence-corrected chi connectivity index (χ1v) is 4.15. The van der Waals surface area contributed by atoms with Crippen molar-refractivity contribution in [1.82, 2.24) is 5.32 Å². The highest BCUT2D eigenvalue weighted by molar-refractivity contribution is 5.96. The zero-order valence-electron chi connectivity index (χ0n) is 7.84. The lowest BCUT2D eigenvalue weighted by Crippen LogP contribution is -2.26. The third-order valence-electron chi connectivity index (χ3n) is 1.29. The summed E-state index contributed by atoms with van der Waals surface area (Å²) in [5.41, 5.74) is 0. The summed E-state index contributed by atoms with van der Waals surface area (Å²) in [7, 11) is 0. The summed E-state index contributed by atoms with van der Waals surface area (Å²) < 4.78 is 4.84. The molecule has 0 aromatic heterocycles. The number of hydrogen-bond donors (Lipinski definition) is 1. The third kappa shape index (κ3) is 8.59. The van der Waals surface area contributed by atoms with Gasteiger partial charge in [0.2, 0.25) is 5.91 Å². The maximum Gasteiger partial charge on any atom is 0.227 e. The van der Waals surface area contributed by atoms with E-state index in [4.69, 9.17) is 4.74 Å². The molecular weight excluding hydrogens is 170 g/mol. The van der Waals surface area contributed by atoms with Gasteiger partial charge in [0.1, 0.15) is 5.78 Å². The van der Waals surface area contributed by atoms with Crippen molar-refractivity contribution >= 4 is 11.7 Å². The minimum atomic E-state index is -0.230. The quantitative estimate of drug-likeness (QED) is 0.359. The van der Waals surface area contributed by atoms with E-state index in [1.54, 1.807) is 0 Å². The predicted octanol–water partition coefficient (Wildman–Crippen LogP) is 0.632. The number of carbonyl (C=O) groups excluding carboxylic acids is 2. The molecule has 0 spiro atoms. The molecule has 4 heteroatoms. The van der Waals surface area contributed by atoms with Crippen molar-refractivity contribution in [2.75, 3.05) is 13.2 Å². The van der Waals surface area contributed by atoms with Crippen molar-refractivity contribution in [3.05, 3.63) is 12.8 Å². The maximum absolute atomic E-state index is 10.9. The molecule has 13 heavy (non-hydrogen) atoms. The van der Waals surface area contributed by atoms with Crippen molar-refractivity contribution in [2.45, 2.75) is 19.8 Å². The van der Waals surface area contributed by atoms with Crippen molar-refractivity contribution in [3.63, 3.8) is 0 Å². The fourth-order valence-electron chi connectivity index (χ4n) is 0.755. The molecule has 0 atom stereocenters. The first-order chi connectivity index (χ1) is 6.16. The number of Topliss-reactive ketones (excluding diaryl/α,β-unsaturated/α-hetero) is 1. The topological polar surface area (TPSA) is 55.4 Å². The summed E-state index contributed by atoms with van der Waals surface area (Å²) in [4.78, 5) is 21.4. The van der Waals surface area contributed by atoms with Crippen LogP contribution in [0.3, 0.4) is 0 Å². The third-order valence-corrected chi connectivity index (χ3v) is 1.29. The fourth-order valence-corrected chi connectivity index (χ4v) is 0.755. The van der Waals surface area contributed by atoms with Crippen molar-refractivity contribution in [3.8, 4) is 0 Å². The van der Waals surface area contributed by atoms with Gasteiger partial charge in [-0.15, -0.1) is 0 Å². The van der Waals surface area contributed by atoms with Crippen LogP contribution >= 0.6 is 0 Å². The number of ketones is 1. The molecule has 0 saturated heterocycles. The van der Waals surface area contributed by atoms with E-state index in [1.165, 1.54) is 13.2 Å². The van der Waals surface area contributed by atoms with E-state index in [0.29, 0.717) is 13.2 Å². The second-order valence-corrected chi connectivity index (χ2v) is 2.62. The van der Waals surface area contributed by atoms with Crippen LogP contribution in [0.15, 0.2) is 12.8 Å². The van der Waals surface area contributed by atoms with Gasteiger partial charge in [-0.1, -0.05) is 6.58 Å². The zero-order chi connectivity index (χ0) is 10.1. The predicted molar refractivity (Wildman–Crippen MR) is 49.1 cm³/mol. The molecule has 0 fully saturated rings. The van der Waals surface area contributed by atoms with Crippen molar-refractivity contribution in [2.24, 2.45) is 0 Å². The Bertz CT molecular complexity index is 189. The molecule has 4 nitrogen and oxygen atoms in total. The molecular formula is C9H15NO3. The molecule has 0 aromatic rings. The van der Waals surface area contributed by atoms with E-state index in [1.807, 2.05) is 0 Å². The van der Waals surface area contributed by atoms with Gasteiger partial charge in [0.05, 0.1) is 19.3 Å². The number of amides is 1. The Balaban J connectivity index is 3.26. The van der Waals surface area contributed by atoms with Crippen LogP contribution in [0.4, 0.5) is 0 Å². The summed E-state index contributed by atoms with van der Waals surface area (Å²) in [5.74, 6) is -0.356. The lowest BCUT2D eigenvalue weighted by atomic mass is 10.3. The Labute approximate surface area is 78.0 Å². The van der Waals surface area contributed by atoms with Crippen LogP contribution < -0.4 is 5.32 Å². The molecule has 0 aliphatic carbocycles. The maximum atomic E-state index is 10.9. The Hall–Kier alpha value is -1.32. The van der Waals surface area contributed by atoms with Crippen molar-refractivity contribution < 1.29 is 14.3 Å². The molecule has 1 amide bonds. The SMILES string of the molecule is C=COCCCNC(=O)CC(C)=O. The van der Waals surface area contributed by atoms with Gasteiger partial charge in [-0.2, -0.15) is 0 Å². The van der Waals surface area contributed by atoms with Gasteiger partial charge in [0.25, 0.3) is 0 Å². The van der Waals surface area contributed by atoms with Gasteiger partial charge in [-0.25, -0.2) is 0 Å². The minimum absolute atomic E-state index is 0.0394. The van der Waals surface area contributed by atoms with Crippen LogP contribution in [0.5, 0.6) is 0 Å². The van der Waals surface area contributed by atoms with Crippen LogP contribution in [0.2, 0.25) is 0 Å². The minimum Gasteiger partial charge on any atom is -0.502 e. The number of rotatable bonds is 7. The molecule has 0 aliphatic heterocycles. The summed E-state index contributed by atoms with van der Waals surface area (Å²) in [6, 6.07) is 0. The first kappa shape index (κ1) is 11.7. The Kier molecular flexibility index (Phi) is 6.59. The zero-order valence-corrected chi connectivity index (χ0v) is 7.84. The van der Waals surface area contributed by atoms with Gasteiger partial charge in [0, 0.05) is 6.54 Å². The molecule has 0 rings (SSSR count). The van der Waals surface area contributed by atoms with E-state index in [9.17, 15) is 9.59 Å². The standard InChI is InChI=1S/C9H15NO3/c1-3-13-6-4-5-10-9(12)7-8(2)11/h3H,1,4-7H2,2H3,(H,10,12). The lowest BCUT2D eigenvalue weighted by molar-refractivity contribution is -0.127. The molecule has 0 heterocycles. The fraction of sp³-hybridized carbons (Fsp3) is 0.556. The van der Waals surface area contributed by atoms with Gasteiger partial charge in [0.15, 0.2) is 0 Å². The van der Waals surface area contributed by atoms with Crippen LogP contribution in [0.1, 0.15) is 19.8 Å². The van der Waals surface area contributed by atoms with Gasteiger partial charge >= 0.3 is 0 Å². The van der Waals surface area contributed by atoms with Crippen LogP contribution in [-0.4, -0.2) is 24.8 Å². The van der Waals surface area contributed by atoms with E-state index >= 15 is 0 Å². The molecule has 0 saturated carbocycles. The molecule has 0 radical (unpaired) electrons.